The first-order chi connectivity index (χ1) is 38.5. The minimum atomic E-state index is -1.34. The second-order valence-corrected chi connectivity index (χ2v) is 21.7. The zero-order valence-corrected chi connectivity index (χ0v) is 48.0. The van der Waals surface area contributed by atoms with E-state index in [1.165, 1.54) is 0 Å². The number of H-pyrrole nitrogens is 2. The van der Waals surface area contributed by atoms with Crippen LogP contribution in [0.1, 0.15) is 119 Å². The molecule has 420 valence electrons. The van der Waals surface area contributed by atoms with E-state index in [1.54, 1.807) is 50.6 Å². The van der Waals surface area contributed by atoms with Gasteiger partial charge in [-0.05, 0) is 152 Å². The molecule has 6 heterocycles. The van der Waals surface area contributed by atoms with Crippen molar-refractivity contribution in [2.75, 3.05) is 40.5 Å². The van der Waals surface area contributed by atoms with Crippen molar-refractivity contribution >= 4 is 57.6 Å². The molecular weight excluding hydrogens is 1030 g/mol. The van der Waals surface area contributed by atoms with Crippen LogP contribution >= 0.6 is 11.6 Å². The Morgan fingerprint density at radius 3 is 1.57 bits per heavy atom. The van der Waals surface area contributed by atoms with Gasteiger partial charge in [-0.25, -0.2) is 0 Å². The number of hydrogen-bond acceptors (Lipinski definition) is 10. The molecule has 8 aromatic rings. The van der Waals surface area contributed by atoms with Gasteiger partial charge in [0, 0.05) is 93.4 Å². The van der Waals surface area contributed by atoms with E-state index in [2.05, 4.69) is 75.5 Å². The van der Waals surface area contributed by atoms with Crippen molar-refractivity contribution < 1.29 is 33.8 Å². The molecule has 2 aliphatic heterocycles. The Bertz CT molecular complexity index is 3560. The second kappa shape index (κ2) is 27.0. The quantitative estimate of drug-likeness (QED) is 0.0460. The summed E-state index contributed by atoms with van der Waals surface area (Å²) in [5, 5.41) is 23.1. The number of aromatic amines is 2. The van der Waals surface area contributed by atoms with Crippen LogP contribution in [0.15, 0.2) is 119 Å². The van der Waals surface area contributed by atoms with E-state index < -0.39 is 7.12 Å². The summed E-state index contributed by atoms with van der Waals surface area (Å²) >= 11 is 6.37. The molecule has 2 saturated heterocycles. The van der Waals surface area contributed by atoms with Gasteiger partial charge in [0.15, 0.2) is 11.6 Å². The molecule has 2 aliphatic rings. The third-order valence-corrected chi connectivity index (χ3v) is 16.4. The SMILES string of the molecule is COc1cc(C)[nH]c(=O)c1CCC(=O)c1c(C)n(C(C)C2CCNCC2)c2cc(Cl)ccc12.COc1cc(C)[nH]c(=O)c1CCC(=O)c1c(C)n(C(C)C2CCOCC2)c2cc(-c3ccccc3)ccc12.OB(O)c1ccccc1. The Kier molecular flexibility index (Phi) is 19.9. The van der Waals surface area contributed by atoms with Gasteiger partial charge in [0.1, 0.15) is 11.5 Å². The molecule has 4 aromatic heterocycles. The molecule has 4 aromatic carbocycles. The highest BCUT2D eigenvalue weighted by Gasteiger charge is 2.30. The number of halogens is 1. The first-order valence-electron chi connectivity index (χ1n) is 27.8. The van der Waals surface area contributed by atoms with Gasteiger partial charge in [0.05, 0.1) is 30.9 Å². The maximum atomic E-state index is 13.8. The summed E-state index contributed by atoms with van der Waals surface area (Å²) in [5.41, 5.74) is 10.4. The second-order valence-electron chi connectivity index (χ2n) is 21.2. The third-order valence-electron chi connectivity index (χ3n) is 16.2. The molecule has 2 unspecified atom stereocenters. The van der Waals surface area contributed by atoms with E-state index in [0.717, 1.165) is 119 Å². The molecule has 16 heteroatoms. The lowest BCUT2D eigenvalue weighted by Crippen LogP contribution is -2.32. The Morgan fingerprint density at radius 2 is 1.10 bits per heavy atom. The van der Waals surface area contributed by atoms with Crippen molar-refractivity contribution in [2.45, 2.75) is 105 Å². The minimum absolute atomic E-state index is 0.0260. The van der Waals surface area contributed by atoms with Crippen molar-refractivity contribution in [3.63, 3.8) is 0 Å². The number of fused-ring (bicyclic) bond motifs is 2. The molecule has 10 rings (SSSR count). The highest BCUT2D eigenvalue weighted by molar-refractivity contribution is 6.58. The highest BCUT2D eigenvalue weighted by Crippen LogP contribution is 2.39. The van der Waals surface area contributed by atoms with Gasteiger partial charge in [0.2, 0.25) is 0 Å². The fraction of sp³-hybridized carbons (Fsp3) is 0.375. The summed E-state index contributed by atoms with van der Waals surface area (Å²) in [6, 6.07) is 35.2. The molecule has 80 heavy (non-hydrogen) atoms. The fourth-order valence-corrected chi connectivity index (χ4v) is 12.1. The first-order valence-corrected chi connectivity index (χ1v) is 28.2. The van der Waals surface area contributed by atoms with Crippen molar-refractivity contribution in [1.29, 1.82) is 0 Å². The van der Waals surface area contributed by atoms with Crippen LogP contribution in [0.5, 0.6) is 11.5 Å². The summed E-state index contributed by atoms with van der Waals surface area (Å²) in [6.45, 7) is 15.8. The summed E-state index contributed by atoms with van der Waals surface area (Å²) in [5.74, 6) is 2.14. The van der Waals surface area contributed by atoms with E-state index >= 15 is 0 Å². The fourth-order valence-electron chi connectivity index (χ4n) is 11.9. The third kappa shape index (κ3) is 13.4. The lowest BCUT2D eigenvalue weighted by Gasteiger charge is -2.31. The zero-order chi connectivity index (χ0) is 57.2. The summed E-state index contributed by atoms with van der Waals surface area (Å²) in [4.78, 5) is 58.1. The molecule has 2 fully saturated rings. The number of pyridine rings is 2. The van der Waals surface area contributed by atoms with Gasteiger partial charge in [-0.3, -0.25) is 19.2 Å². The normalized spacial score (nSPS) is 14.6. The Labute approximate surface area is 473 Å². The van der Waals surface area contributed by atoms with Crippen LogP contribution in [-0.4, -0.2) is 88.4 Å². The van der Waals surface area contributed by atoms with Crippen LogP contribution < -0.4 is 31.4 Å². The van der Waals surface area contributed by atoms with Crippen molar-refractivity contribution in [3.8, 4) is 22.6 Å². The van der Waals surface area contributed by atoms with Gasteiger partial charge in [-0.2, -0.15) is 0 Å². The Hall–Kier alpha value is -7.01. The smallest absolute Gasteiger partial charge is 0.488 e. The maximum Gasteiger partial charge on any atom is 0.488 e. The Balaban J connectivity index is 0.000000183. The molecule has 0 bridgehead atoms. The average Bonchev–Trinajstić information content (AvgIpc) is 3.93. The van der Waals surface area contributed by atoms with E-state index in [1.807, 2.05) is 63.2 Å². The number of hydrogen-bond donors (Lipinski definition) is 5. The molecule has 2 atom stereocenters. The minimum Gasteiger partial charge on any atom is -0.496 e. The number of carbonyl (C=O) groups is 2. The van der Waals surface area contributed by atoms with Crippen LogP contribution in [0.3, 0.4) is 0 Å². The van der Waals surface area contributed by atoms with Crippen molar-refractivity contribution in [3.05, 3.63) is 180 Å². The summed E-state index contributed by atoms with van der Waals surface area (Å²) in [7, 11) is 1.76. The van der Waals surface area contributed by atoms with Crippen LogP contribution in [0.25, 0.3) is 32.9 Å². The number of piperidine rings is 1. The largest absolute Gasteiger partial charge is 0.496 e. The van der Waals surface area contributed by atoms with E-state index in [9.17, 15) is 19.2 Å². The van der Waals surface area contributed by atoms with Crippen LogP contribution in [-0.2, 0) is 17.6 Å². The molecule has 0 spiro atoms. The van der Waals surface area contributed by atoms with E-state index in [4.69, 9.17) is 35.9 Å². The van der Waals surface area contributed by atoms with E-state index in [-0.39, 0.29) is 47.6 Å². The average molecular weight is 1100 g/mol. The number of ketones is 2. The number of nitrogens with zero attached hydrogens (tertiary/aromatic N) is 2. The number of aryl methyl sites for hydroxylation is 2. The van der Waals surface area contributed by atoms with E-state index in [0.29, 0.717) is 57.8 Å². The van der Waals surface area contributed by atoms with Gasteiger partial charge in [-0.1, -0.05) is 90.5 Å². The number of Topliss-reactive ketones (excluding diaryl/α,β-unsaturated/α-hetero) is 2. The predicted molar refractivity (Wildman–Crippen MR) is 321 cm³/mol. The van der Waals surface area contributed by atoms with Crippen molar-refractivity contribution in [1.82, 2.24) is 24.4 Å². The Morgan fingerprint density at radius 1 is 0.637 bits per heavy atom. The van der Waals surface area contributed by atoms with Crippen LogP contribution in [0.2, 0.25) is 5.02 Å². The molecule has 0 saturated carbocycles. The molecule has 0 amide bonds. The number of ether oxygens (including phenoxy) is 3. The molecule has 0 radical (unpaired) electrons. The number of aromatic nitrogens is 4. The lowest BCUT2D eigenvalue weighted by atomic mass is 9.81. The van der Waals surface area contributed by atoms with Crippen molar-refractivity contribution in [2.24, 2.45) is 11.8 Å². The topological polar surface area (TPSA) is 190 Å². The molecule has 5 N–H and O–H groups in total. The summed E-state index contributed by atoms with van der Waals surface area (Å²) in [6.07, 6.45) is 5.35. The van der Waals surface area contributed by atoms with Crippen LogP contribution in [0.4, 0.5) is 0 Å². The summed E-state index contributed by atoms with van der Waals surface area (Å²) < 4.78 is 21.1. The zero-order valence-electron chi connectivity index (χ0n) is 47.3. The first kappa shape index (κ1) is 59.1. The number of rotatable bonds is 16. The lowest BCUT2D eigenvalue weighted by molar-refractivity contribution is 0.0517. The van der Waals surface area contributed by atoms with Gasteiger partial charge in [0.25, 0.3) is 11.1 Å². The van der Waals surface area contributed by atoms with Gasteiger partial charge >= 0.3 is 7.12 Å². The molecule has 14 nitrogen and oxygen atoms in total. The molecule has 0 aliphatic carbocycles. The monoisotopic (exact) mass is 1100 g/mol. The van der Waals surface area contributed by atoms with Crippen LogP contribution in [0, 0.1) is 39.5 Å². The highest BCUT2D eigenvalue weighted by atomic mass is 35.5. The number of methoxy groups -OCH3 is 2. The number of nitrogens with one attached hydrogen (secondary N) is 3. The van der Waals surface area contributed by atoms with Gasteiger partial charge < -0.3 is 48.7 Å². The van der Waals surface area contributed by atoms with Gasteiger partial charge in [-0.15, -0.1) is 0 Å². The predicted octanol–water partition coefficient (Wildman–Crippen LogP) is 10.8. The molecular formula is C64H75BClN5O9. The number of carbonyl (C=O) groups excluding carboxylic acids is 2. The maximum absolute atomic E-state index is 13.8. The number of benzene rings is 4. The standard InChI is InChI=1S/C32H36N2O4.C26H32ClN3O3.C6H7BO2/c1-20-18-30(37-4)27(32(36)33-20)12-13-29(35)31-22(3)34(21(2)23-14-16-38-17-15-23)28-19-25(10-11-26(28)31)24-8-6-5-7-9-24;1-15-13-24(33-4)21(26(32)29-15)7-8-23(31)25-17(3)30(16(2)18-9-11-28-12-10-18)22-14-19(27)5-6-20(22)25;8-7(9)6-4-2-1-3-5-6/h5-11,18-19,21,23H,12-17H2,1-4H3,(H,33,36);5-6,13-14,16,18,28H,7-12H2,1-4H3,(H,29,32);1-5,8-9H.